The van der Waals surface area contributed by atoms with Gasteiger partial charge in [-0.05, 0) is 20.8 Å². The Kier molecular flexibility index (Phi) is 3.34. The van der Waals surface area contributed by atoms with E-state index in [0.29, 0.717) is 10.7 Å². The number of nitrogens with zero attached hydrogens (tertiary/aromatic N) is 2. The molecule has 0 radical (unpaired) electrons. The number of halogens is 1. The van der Waals surface area contributed by atoms with E-state index >= 15 is 0 Å². The first kappa shape index (κ1) is 11.3. The summed E-state index contributed by atoms with van der Waals surface area (Å²) in [5.74, 6) is 0. The largest absolute Gasteiger partial charge is 0.384 e. The van der Waals surface area contributed by atoms with Gasteiger partial charge in [-0.1, -0.05) is 23.3 Å². The van der Waals surface area contributed by atoms with Gasteiger partial charge in [-0.2, -0.15) is 5.10 Å². The maximum atomic E-state index is 9.85. The third-order valence-electron chi connectivity index (χ3n) is 1.98. The van der Waals surface area contributed by atoms with Crippen LogP contribution in [0.1, 0.15) is 31.2 Å². The van der Waals surface area contributed by atoms with E-state index in [9.17, 15) is 5.11 Å². The zero-order valence-electron chi connectivity index (χ0n) is 8.87. The van der Waals surface area contributed by atoms with Crippen LogP contribution in [0, 0.1) is 6.92 Å². The van der Waals surface area contributed by atoms with Crippen molar-refractivity contribution in [1.82, 2.24) is 9.78 Å². The lowest BCUT2D eigenvalue weighted by Crippen LogP contribution is -1.96. The molecule has 0 aliphatic carbocycles. The summed E-state index contributed by atoms with van der Waals surface area (Å²) in [5.41, 5.74) is 2.51. The Morgan fingerprint density at radius 3 is 2.50 bits per heavy atom. The molecule has 1 rings (SSSR count). The van der Waals surface area contributed by atoms with Gasteiger partial charge in [0.25, 0.3) is 0 Å². The maximum absolute atomic E-state index is 9.85. The fourth-order valence-corrected chi connectivity index (χ4v) is 1.67. The lowest BCUT2D eigenvalue weighted by molar-refractivity contribution is 0.227. The third kappa shape index (κ3) is 2.16. The highest BCUT2D eigenvalue weighted by Crippen LogP contribution is 2.27. The van der Waals surface area contributed by atoms with E-state index in [-0.39, 0.29) is 0 Å². The van der Waals surface area contributed by atoms with Crippen LogP contribution in [0.3, 0.4) is 0 Å². The van der Waals surface area contributed by atoms with Crippen LogP contribution in [0.15, 0.2) is 11.6 Å². The Balaban J connectivity index is 3.12. The van der Waals surface area contributed by atoms with Crippen LogP contribution >= 0.6 is 11.6 Å². The molecule has 1 heterocycles. The van der Waals surface area contributed by atoms with Crippen LogP contribution in [0.5, 0.6) is 0 Å². The Labute approximate surface area is 89.0 Å². The van der Waals surface area contributed by atoms with Crippen LogP contribution in [-0.2, 0) is 7.05 Å². The average Bonchev–Trinajstić information content (AvgIpc) is 2.25. The predicted molar refractivity (Wildman–Crippen MR) is 57.3 cm³/mol. The first-order chi connectivity index (χ1) is 6.43. The van der Waals surface area contributed by atoms with Crippen LogP contribution in [0.4, 0.5) is 0 Å². The molecule has 0 saturated carbocycles. The van der Waals surface area contributed by atoms with Crippen molar-refractivity contribution >= 4 is 11.6 Å². The molecular weight excluding hydrogens is 200 g/mol. The number of hydrogen-bond acceptors (Lipinski definition) is 2. The van der Waals surface area contributed by atoms with Gasteiger partial charge >= 0.3 is 0 Å². The summed E-state index contributed by atoms with van der Waals surface area (Å²) in [4.78, 5) is 0. The molecule has 3 nitrogen and oxygen atoms in total. The molecule has 1 atom stereocenters. The molecule has 1 aromatic heterocycles. The van der Waals surface area contributed by atoms with Crippen LogP contribution in [0.25, 0.3) is 0 Å². The summed E-state index contributed by atoms with van der Waals surface area (Å²) < 4.78 is 1.56. The third-order valence-corrected chi connectivity index (χ3v) is 2.43. The molecule has 1 aromatic rings. The van der Waals surface area contributed by atoms with Crippen molar-refractivity contribution in [3.05, 3.63) is 28.1 Å². The smallest absolute Gasteiger partial charge is 0.133 e. The molecular formula is C10H15ClN2O. The van der Waals surface area contributed by atoms with Crippen LogP contribution in [-0.4, -0.2) is 14.9 Å². The summed E-state index contributed by atoms with van der Waals surface area (Å²) in [7, 11) is 1.76. The fraction of sp³-hybridized carbons (Fsp3) is 0.500. The molecule has 0 amide bonds. The van der Waals surface area contributed by atoms with Gasteiger partial charge < -0.3 is 5.11 Å². The summed E-state index contributed by atoms with van der Waals surface area (Å²) in [6.07, 6.45) is 1.09. The van der Waals surface area contributed by atoms with E-state index in [1.807, 2.05) is 20.8 Å². The summed E-state index contributed by atoms with van der Waals surface area (Å²) >= 11 is 6.00. The summed E-state index contributed by atoms with van der Waals surface area (Å²) in [6.45, 7) is 5.70. The van der Waals surface area contributed by atoms with Crippen molar-refractivity contribution in [3.8, 4) is 0 Å². The standard InChI is InChI=1S/C10H15ClN2O/c1-6(2)5-8(14)9-7(3)12-13(4)10(9)11/h5,8,14H,1-4H3. The Morgan fingerprint density at radius 1 is 1.57 bits per heavy atom. The molecule has 4 heteroatoms. The van der Waals surface area contributed by atoms with E-state index in [0.717, 1.165) is 11.3 Å². The van der Waals surface area contributed by atoms with Crippen molar-refractivity contribution in [2.75, 3.05) is 0 Å². The van der Waals surface area contributed by atoms with Gasteiger partial charge in [0.1, 0.15) is 11.3 Å². The highest BCUT2D eigenvalue weighted by molar-refractivity contribution is 6.30. The van der Waals surface area contributed by atoms with Crippen molar-refractivity contribution in [2.24, 2.45) is 7.05 Å². The molecule has 0 fully saturated rings. The molecule has 0 bridgehead atoms. The first-order valence-corrected chi connectivity index (χ1v) is 4.83. The van der Waals surface area contributed by atoms with E-state index in [2.05, 4.69) is 5.10 Å². The SMILES string of the molecule is CC(C)=CC(O)c1c(C)nn(C)c1Cl. The number of allylic oxidation sites excluding steroid dienone is 1. The topological polar surface area (TPSA) is 38.1 Å². The van der Waals surface area contributed by atoms with Gasteiger partial charge in [0.2, 0.25) is 0 Å². The van der Waals surface area contributed by atoms with E-state index in [1.165, 1.54) is 0 Å². The molecule has 1 N–H and O–H groups in total. The monoisotopic (exact) mass is 214 g/mol. The molecule has 0 aliphatic rings. The molecule has 0 aromatic carbocycles. The van der Waals surface area contributed by atoms with Crippen molar-refractivity contribution in [1.29, 1.82) is 0 Å². The lowest BCUT2D eigenvalue weighted by atomic mass is 10.1. The number of hydrogen-bond donors (Lipinski definition) is 1. The highest BCUT2D eigenvalue weighted by atomic mass is 35.5. The average molecular weight is 215 g/mol. The van der Waals surface area contributed by atoms with E-state index in [4.69, 9.17) is 11.6 Å². The number of aromatic nitrogens is 2. The number of aliphatic hydroxyl groups is 1. The van der Waals surface area contributed by atoms with Gasteiger partial charge in [-0.15, -0.1) is 0 Å². The fourth-order valence-electron chi connectivity index (χ4n) is 1.38. The van der Waals surface area contributed by atoms with Crippen LogP contribution in [0.2, 0.25) is 5.15 Å². The molecule has 0 saturated heterocycles. The van der Waals surface area contributed by atoms with Gasteiger partial charge in [0.05, 0.1) is 5.69 Å². The maximum Gasteiger partial charge on any atom is 0.133 e. The second-order valence-corrected chi connectivity index (χ2v) is 3.96. The lowest BCUT2D eigenvalue weighted by Gasteiger charge is -2.05. The first-order valence-electron chi connectivity index (χ1n) is 4.45. The molecule has 78 valence electrons. The number of aryl methyl sites for hydroxylation is 2. The minimum absolute atomic E-state index is 0.493. The second-order valence-electron chi connectivity index (χ2n) is 3.60. The molecule has 0 aliphatic heterocycles. The van der Waals surface area contributed by atoms with Crippen molar-refractivity contribution < 1.29 is 5.11 Å². The van der Waals surface area contributed by atoms with Crippen molar-refractivity contribution in [3.63, 3.8) is 0 Å². The van der Waals surface area contributed by atoms with Crippen molar-refractivity contribution in [2.45, 2.75) is 26.9 Å². The zero-order valence-corrected chi connectivity index (χ0v) is 9.63. The zero-order chi connectivity index (χ0) is 10.9. The van der Waals surface area contributed by atoms with Crippen LogP contribution < -0.4 is 0 Å². The number of rotatable bonds is 2. The Morgan fingerprint density at radius 2 is 2.14 bits per heavy atom. The Bertz CT molecular complexity index is 364. The quantitative estimate of drug-likeness (QED) is 0.768. The second kappa shape index (κ2) is 4.15. The van der Waals surface area contributed by atoms with Gasteiger partial charge in [0.15, 0.2) is 0 Å². The summed E-state index contributed by atoms with van der Waals surface area (Å²) in [6, 6.07) is 0. The minimum Gasteiger partial charge on any atom is -0.384 e. The normalized spacial score (nSPS) is 12.7. The van der Waals surface area contributed by atoms with E-state index < -0.39 is 6.10 Å². The molecule has 1 unspecified atom stereocenters. The van der Waals surface area contributed by atoms with Gasteiger partial charge in [-0.25, -0.2) is 0 Å². The molecule has 14 heavy (non-hydrogen) atoms. The Hall–Kier alpha value is -0.800. The molecule has 0 spiro atoms. The summed E-state index contributed by atoms with van der Waals surface area (Å²) in [5, 5.41) is 14.5. The predicted octanol–water partition coefficient (Wildman–Crippen LogP) is 2.38. The van der Waals surface area contributed by atoms with E-state index in [1.54, 1.807) is 17.8 Å². The van der Waals surface area contributed by atoms with Gasteiger partial charge in [0, 0.05) is 12.6 Å². The number of aliphatic hydroxyl groups excluding tert-OH is 1. The van der Waals surface area contributed by atoms with Gasteiger partial charge in [-0.3, -0.25) is 4.68 Å². The highest BCUT2D eigenvalue weighted by Gasteiger charge is 2.17. The minimum atomic E-state index is -0.666.